The summed E-state index contributed by atoms with van der Waals surface area (Å²) in [5.74, 6) is 0. The molecule has 2 aliphatic heterocycles. The second-order valence-corrected chi connectivity index (χ2v) is 6.99. The van der Waals surface area contributed by atoms with Crippen LogP contribution >= 0.6 is 0 Å². The van der Waals surface area contributed by atoms with Crippen LogP contribution in [-0.2, 0) is 6.54 Å². The third-order valence-electron chi connectivity index (χ3n) is 4.92. The molecule has 3 heteroatoms. The van der Waals surface area contributed by atoms with E-state index >= 15 is 0 Å². The zero-order chi connectivity index (χ0) is 14.8. The quantitative estimate of drug-likeness (QED) is 0.918. The lowest BCUT2D eigenvalue weighted by Gasteiger charge is -2.43. The summed E-state index contributed by atoms with van der Waals surface area (Å²) in [6.07, 6.45) is 2.75. The van der Waals surface area contributed by atoms with Gasteiger partial charge in [0.15, 0.2) is 0 Å². The van der Waals surface area contributed by atoms with Crippen LogP contribution in [0, 0.1) is 0 Å². The summed E-state index contributed by atoms with van der Waals surface area (Å²) in [7, 11) is 0. The van der Waals surface area contributed by atoms with E-state index in [2.05, 4.69) is 60.2 Å². The molecule has 0 saturated carbocycles. The van der Waals surface area contributed by atoms with Gasteiger partial charge in [-0.15, -0.1) is 0 Å². The Morgan fingerprint density at radius 2 is 1.95 bits per heavy atom. The maximum absolute atomic E-state index is 3.48. The van der Waals surface area contributed by atoms with Gasteiger partial charge < -0.3 is 10.2 Å². The van der Waals surface area contributed by atoms with Gasteiger partial charge in [0.1, 0.15) is 0 Å². The standard InChI is InChI=1S/C18H29N3/c1-14(2)19-11-16-6-8-17(9-7-16)21-13-18-5-4-10-20(18)12-15(21)3/h6-9,14-15,18-19H,4-5,10-13H2,1-3H3. The molecule has 1 aromatic rings. The van der Waals surface area contributed by atoms with E-state index in [-0.39, 0.29) is 0 Å². The van der Waals surface area contributed by atoms with Crippen LogP contribution in [0.25, 0.3) is 0 Å². The van der Waals surface area contributed by atoms with Gasteiger partial charge in [0.25, 0.3) is 0 Å². The Labute approximate surface area is 129 Å². The Kier molecular flexibility index (Phi) is 4.51. The molecule has 0 spiro atoms. The fourth-order valence-electron chi connectivity index (χ4n) is 3.67. The Morgan fingerprint density at radius 1 is 1.19 bits per heavy atom. The number of anilines is 1. The smallest absolute Gasteiger partial charge is 0.0389 e. The summed E-state index contributed by atoms with van der Waals surface area (Å²) in [5, 5.41) is 3.48. The second kappa shape index (κ2) is 6.37. The lowest BCUT2D eigenvalue weighted by Crippen LogP contribution is -2.55. The summed E-state index contributed by atoms with van der Waals surface area (Å²) >= 11 is 0. The normalized spacial score (nSPS) is 26.4. The zero-order valence-corrected chi connectivity index (χ0v) is 13.7. The van der Waals surface area contributed by atoms with Crippen LogP contribution in [0.3, 0.4) is 0 Å². The van der Waals surface area contributed by atoms with Gasteiger partial charge in [-0.25, -0.2) is 0 Å². The number of hydrogen-bond donors (Lipinski definition) is 1. The fraction of sp³-hybridized carbons (Fsp3) is 0.667. The molecule has 1 aromatic carbocycles. The first-order valence-electron chi connectivity index (χ1n) is 8.46. The minimum absolute atomic E-state index is 0.542. The lowest BCUT2D eigenvalue weighted by molar-refractivity contribution is 0.203. The van der Waals surface area contributed by atoms with E-state index in [0.717, 1.165) is 12.6 Å². The van der Waals surface area contributed by atoms with Crippen LogP contribution in [0.5, 0.6) is 0 Å². The molecule has 2 atom stereocenters. The summed E-state index contributed by atoms with van der Waals surface area (Å²) in [4.78, 5) is 5.29. The van der Waals surface area contributed by atoms with Gasteiger partial charge in [0.2, 0.25) is 0 Å². The van der Waals surface area contributed by atoms with Crippen molar-refractivity contribution in [3.05, 3.63) is 29.8 Å². The molecule has 1 N–H and O–H groups in total. The van der Waals surface area contributed by atoms with Crippen molar-refractivity contribution in [1.82, 2.24) is 10.2 Å². The molecule has 2 aliphatic rings. The zero-order valence-electron chi connectivity index (χ0n) is 13.7. The average molecular weight is 287 g/mol. The SMILES string of the molecule is CC(C)NCc1ccc(N2CC3CCCN3CC2C)cc1. The first kappa shape index (κ1) is 14.9. The molecule has 3 nitrogen and oxygen atoms in total. The fourth-order valence-corrected chi connectivity index (χ4v) is 3.67. The molecule has 0 amide bonds. The third-order valence-corrected chi connectivity index (χ3v) is 4.92. The Hall–Kier alpha value is -1.06. The molecule has 0 aromatic heterocycles. The second-order valence-electron chi connectivity index (χ2n) is 6.99. The number of rotatable bonds is 4. The van der Waals surface area contributed by atoms with Gasteiger partial charge >= 0.3 is 0 Å². The topological polar surface area (TPSA) is 18.5 Å². The van der Waals surface area contributed by atoms with E-state index in [4.69, 9.17) is 0 Å². The molecule has 2 fully saturated rings. The van der Waals surface area contributed by atoms with E-state index < -0.39 is 0 Å². The lowest BCUT2D eigenvalue weighted by atomic mass is 10.1. The molecular weight excluding hydrogens is 258 g/mol. The highest BCUT2D eigenvalue weighted by molar-refractivity contribution is 5.49. The van der Waals surface area contributed by atoms with E-state index in [1.165, 1.54) is 43.7 Å². The van der Waals surface area contributed by atoms with Crippen molar-refractivity contribution in [3.63, 3.8) is 0 Å². The van der Waals surface area contributed by atoms with Crippen molar-refractivity contribution in [1.29, 1.82) is 0 Å². The van der Waals surface area contributed by atoms with Crippen LogP contribution in [0.2, 0.25) is 0 Å². The van der Waals surface area contributed by atoms with E-state index in [1.54, 1.807) is 0 Å². The van der Waals surface area contributed by atoms with Crippen LogP contribution in [0.4, 0.5) is 5.69 Å². The Morgan fingerprint density at radius 3 is 2.67 bits per heavy atom. The summed E-state index contributed by atoms with van der Waals surface area (Å²) in [6.45, 7) is 11.4. The molecule has 3 rings (SSSR count). The number of benzene rings is 1. The molecule has 2 heterocycles. The molecular formula is C18H29N3. The van der Waals surface area contributed by atoms with Crippen LogP contribution in [0.1, 0.15) is 39.2 Å². The number of piperazine rings is 1. The maximum Gasteiger partial charge on any atom is 0.0389 e. The number of hydrogen-bond acceptors (Lipinski definition) is 3. The molecule has 0 radical (unpaired) electrons. The van der Waals surface area contributed by atoms with Crippen molar-refractivity contribution in [2.24, 2.45) is 0 Å². The van der Waals surface area contributed by atoms with Gasteiger partial charge in [-0.2, -0.15) is 0 Å². The van der Waals surface area contributed by atoms with E-state index in [0.29, 0.717) is 12.1 Å². The van der Waals surface area contributed by atoms with Gasteiger partial charge in [0, 0.05) is 43.4 Å². The molecule has 0 aliphatic carbocycles. The highest BCUT2D eigenvalue weighted by Crippen LogP contribution is 2.28. The highest BCUT2D eigenvalue weighted by atomic mass is 15.3. The summed E-state index contributed by atoms with van der Waals surface area (Å²) in [5.41, 5.74) is 2.77. The molecule has 21 heavy (non-hydrogen) atoms. The highest BCUT2D eigenvalue weighted by Gasteiger charge is 2.34. The van der Waals surface area contributed by atoms with Crippen LogP contribution in [0.15, 0.2) is 24.3 Å². The predicted molar refractivity (Wildman–Crippen MR) is 89.8 cm³/mol. The molecule has 0 bridgehead atoms. The number of nitrogens with one attached hydrogen (secondary N) is 1. The molecule has 2 saturated heterocycles. The predicted octanol–water partition coefficient (Wildman–Crippen LogP) is 2.86. The largest absolute Gasteiger partial charge is 0.366 e. The Bertz CT molecular complexity index is 454. The van der Waals surface area contributed by atoms with Crippen molar-refractivity contribution < 1.29 is 0 Å². The van der Waals surface area contributed by atoms with Crippen molar-refractivity contribution in [2.75, 3.05) is 24.5 Å². The number of nitrogens with zero attached hydrogens (tertiary/aromatic N) is 2. The van der Waals surface area contributed by atoms with Crippen molar-refractivity contribution in [3.8, 4) is 0 Å². The molecule has 116 valence electrons. The monoisotopic (exact) mass is 287 g/mol. The minimum Gasteiger partial charge on any atom is -0.366 e. The number of fused-ring (bicyclic) bond motifs is 1. The average Bonchev–Trinajstić information content (AvgIpc) is 2.92. The first-order valence-corrected chi connectivity index (χ1v) is 8.46. The van der Waals surface area contributed by atoms with Gasteiger partial charge in [0.05, 0.1) is 0 Å². The minimum atomic E-state index is 0.542. The van der Waals surface area contributed by atoms with Gasteiger partial charge in [-0.3, -0.25) is 4.90 Å². The van der Waals surface area contributed by atoms with Crippen LogP contribution < -0.4 is 10.2 Å². The van der Waals surface area contributed by atoms with Gasteiger partial charge in [-0.1, -0.05) is 26.0 Å². The summed E-state index contributed by atoms with van der Waals surface area (Å²) < 4.78 is 0. The van der Waals surface area contributed by atoms with E-state index in [9.17, 15) is 0 Å². The molecule has 2 unspecified atom stereocenters. The van der Waals surface area contributed by atoms with Crippen LogP contribution in [-0.4, -0.2) is 42.7 Å². The maximum atomic E-state index is 3.48. The van der Waals surface area contributed by atoms with Crippen molar-refractivity contribution in [2.45, 2.75) is 58.3 Å². The Balaban J connectivity index is 1.65. The first-order chi connectivity index (χ1) is 10.1. The third kappa shape index (κ3) is 3.41. The van der Waals surface area contributed by atoms with E-state index in [1.807, 2.05) is 0 Å². The van der Waals surface area contributed by atoms with Crippen molar-refractivity contribution >= 4 is 5.69 Å². The van der Waals surface area contributed by atoms with Gasteiger partial charge in [-0.05, 0) is 44.0 Å². The summed E-state index contributed by atoms with van der Waals surface area (Å²) in [6, 6.07) is 11.1.